The lowest BCUT2D eigenvalue weighted by Crippen LogP contribution is -2.02. The zero-order chi connectivity index (χ0) is 5.33. The maximum Gasteiger partial charge on any atom is 0.229 e. The standard InChI is InChI=1S/C3H4Cl2N2/c4-3(5)1-2-6-7-3/h1-2H2. The molecular weight excluding hydrogens is 135 g/mol. The van der Waals surface area contributed by atoms with Gasteiger partial charge in [-0.3, -0.25) is 0 Å². The van der Waals surface area contributed by atoms with Crippen LogP contribution in [-0.4, -0.2) is 11.0 Å². The fourth-order valence-electron chi connectivity index (χ4n) is 0.388. The van der Waals surface area contributed by atoms with Gasteiger partial charge in [-0.15, -0.1) is 0 Å². The summed E-state index contributed by atoms with van der Waals surface area (Å²) in [7, 11) is 0. The van der Waals surface area contributed by atoms with E-state index >= 15 is 0 Å². The van der Waals surface area contributed by atoms with E-state index in [9.17, 15) is 0 Å². The van der Waals surface area contributed by atoms with E-state index in [1.807, 2.05) is 0 Å². The van der Waals surface area contributed by atoms with Gasteiger partial charge >= 0.3 is 0 Å². The third-order valence-corrected chi connectivity index (χ3v) is 1.26. The Morgan fingerprint density at radius 2 is 2.14 bits per heavy atom. The van der Waals surface area contributed by atoms with Gasteiger partial charge in [0, 0.05) is 6.42 Å². The van der Waals surface area contributed by atoms with Crippen LogP contribution in [0.2, 0.25) is 0 Å². The molecule has 1 aliphatic rings. The lowest BCUT2D eigenvalue weighted by Gasteiger charge is -2.00. The molecule has 40 valence electrons. The molecule has 0 atom stereocenters. The van der Waals surface area contributed by atoms with Gasteiger partial charge < -0.3 is 0 Å². The molecule has 0 bridgehead atoms. The Kier molecular flexibility index (Phi) is 1.22. The third kappa shape index (κ3) is 1.28. The Bertz CT molecular complexity index is 99.1. The Morgan fingerprint density at radius 1 is 1.43 bits per heavy atom. The highest BCUT2D eigenvalue weighted by atomic mass is 35.5. The van der Waals surface area contributed by atoms with Crippen LogP contribution in [0, 0.1) is 0 Å². The first kappa shape index (κ1) is 5.32. The van der Waals surface area contributed by atoms with Gasteiger partial charge in [0.05, 0.1) is 6.54 Å². The third-order valence-electron chi connectivity index (χ3n) is 0.730. The Labute approximate surface area is 51.5 Å². The number of hydrogen-bond donors (Lipinski definition) is 0. The van der Waals surface area contributed by atoms with Crippen LogP contribution in [0.4, 0.5) is 0 Å². The summed E-state index contributed by atoms with van der Waals surface area (Å²) < 4.78 is -0.903. The largest absolute Gasteiger partial charge is 0.229 e. The molecule has 1 aliphatic heterocycles. The van der Waals surface area contributed by atoms with Gasteiger partial charge in [0.2, 0.25) is 4.46 Å². The number of nitrogens with zero attached hydrogens (tertiary/aromatic N) is 2. The average molecular weight is 139 g/mol. The second-order valence-corrected chi connectivity index (χ2v) is 2.82. The van der Waals surface area contributed by atoms with Crippen molar-refractivity contribution in [3.05, 3.63) is 0 Å². The van der Waals surface area contributed by atoms with E-state index in [0.29, 0.717) is 13.0 Å². The molecule has 0 N–H and O–H groups in total. The predicted octanol–water partition coefficient (Wildman–Crippen LogP) is 1.97. The molecule has 0 aliphatic carbocycles. The highest BCUT2D eigenvalue weighted by Crippen LogP contribution is 2.31. The van der Waals surface area contributed by atoms with Crippen molar-refractivity contribution >= 4 is 23.2 Å². The van der Waals surface area contributed by atoms with Gasteiger partial charge in [-0.2, -0.15) is 10.2 Å². The number of hydrogen-bond acceptors (Lipinski definition) is 2. The van der Waals surface area contributed by atoms with E-state index in [2.05, 4.69) is 10.2 Å². The SMILES string of the molecule is ClC1(Cl)CCN=N1. The van der Waals surface area contributed by atoms with Crippen molar-refractivity contribution in [2.45, 2.75) is 10.9 Å². The molecule has 0 aromatic heterocycles. The first-order valence-electron chi connectivity index (χ1n) is 1.97. The van der Waals surface area contributed by atoms with Gasteiger partial charge in [-0.25, -0.2) is 0 Å². The van der Waals surface area contributed by atoms with E-state index < -0.39 is 4.46 Å². The average Bonchev–Trinajstić information content (AvgIpc) is 1.84. The molecule has 0 saturated heterocycles. The van der Waals surface area contributed by atoms with E-state index in [0.717, 1.165) is 0 Å². The minimum atomic E-state index is -0.903. The molecule has 4 heteroatoms. The monoisotopic (exact) mass is 138 g/mol. The number of rotatable bonds is 0. The maximum absolute atomic E-state index is 5.47. The summed E-state index contributed by atoms with van der Waals surface area (Å²) in [6.07, 6.45) is 0.649. The van der Waals surface area contributed by atoms with Gasteiger partial charge in [-0.1, -0.05) is 23.2 Å². The summed E-state index contributed by atoms with van der Waals surface area (Å²) in [6, 6.07) is 0. The van der Waals surface area contributed by atoms with Crippen LogP contribution in [0.15, 0.2) is 10.2 Å². The molecule has 0 spiro atoms. The molecule has 1 heterocycles. The molecule has 0 aromatic carbocycles. The van der Waals surface area contributed by atoms with Crippen molar-refractivity contribution in [2.24, 2.45) is 10.2 Å². The van der Waals surface area contributed by atoms with Crippen molar-refractivity contribution in [3.8, 4) is 0 Å². The molecule has 0 unspecified atom stereocenters. The topological polar surface area (TPSA) is 24.7 Å². The normalized spacial score (nSPS) is 26.0. The molecule has 2 nitrogen and oxygen atoms in total. The molecule has 7 heavy (non-hydrogen) atoms. The van der Waals surface area contributed by atoms with Crippen LogP contribution < -0.4 is 0 Å². The Hall–Kier alpha value is 0.180. The van der Waals surface area contributed by atoms with E-state index in [4.69, 9.17) is 23.2 Å². The Morgan fingerprint density at radius 3 is 2.29 bits per heavy atom. The lowest BCUT2D eigenvalue weighted by atomic mass is 10.5. The van der Waals surface area contributed by atoms with Crippen LogP contribution in [0.5, 0.6) is 0 Å². The summed E-state index contributed by atoms with van der Waals surface area (Å²) in [5, 5.41) is 7.12. The zero-order valence-electron chi connectivity index (χ0n) is 3.56. The Balaban J connectivity index is 2.57. The predicted molar refractivity (Wildman–Crippen MR) is 28.8 cm³/mol. The number of halogens is 2. The van der Waals surface area contributed by atoms with Crippen molar-refractivity contribution in [2.75, 3.05) is 6.54 Å². The highest BCUT2D eigenvalue weighted by molar-refractivity contribution is 6.48. The molecule has 0 fully saturated rings. The van der Waals surface area contributed by atoms with Gasteiger partial charge in [0.1, 0.15) is 0 Å². The van der Waals surface area contributed by atoms with E-state index in [1.165, 1.54) is 0 Å². The molecule has 0 saturated carbocycles. The van der Waals surface area contributed by atoms with E-state index in [-0.39, 0.29) is 0 Å². The molecule has 0 aromatic rings. The minimum absolute atomic E-state index is 0.649. The first-order valence-corrected chi connectivity index (χ1v) is 2.73. The molecule has 1 rings (SSSR count). The summed E-state index contributed by atoms with van der Waals surface area (Å²) in [5.41, 5.74) is 0. The van der Waals surface area contributed by atoms with Gasteiger partial charge in [0.15, 0.2) is 0 Å². The lowest BCUT2D eigenvalue weighted by molar-refractivity contribution is 0.835. The smallest absolute Gasteiger partial charge is 0.191 e. The van der Waals surface area contributed by atoms with Crippen LogP contribution in [0.1, 0.15) is 6.42 Å². The quantitative estimate of drug-likeness (QED) is 0.362. The van der Waals surface area contributed by atoms with Crippen LogP contribution in [0.25, 0.3) is 0 Å². The van der Waals surface area contributed by atoms with Crippen molar-refractivity contribution in [3.63, 3.8) is 0 Å². The number of azo groups is 1. The maximum atomic E-state index is 5.47. The van der Waals surface area contributed by atoms with Crippen molar-refractivity contribution in [1.29, 1.82) is 0 Å². The summed E-state index contributed by atoms with van der Waals surface area (Å²) >= 11 is 10.9. The number of alkyl halides is 2. The zero-order valence-corrected chi connectivity index (χ0v) is 5.08. The minimum Gasteiger partial charge on any atom is -0.191 e. The first-order chi connectivity index (χ1) is 3.21. The molecule has 0 amide bonds. The molecular formula is C3H4Cl2N2. The summed E-state index contributed by atoms with van der Waals surface area (Å²) in [5.74, 6) is 0. The van der Waals surface area contributed by atoms with Crippen molar-refractivity contribution in [1.82, 2.24) is 0 Å². The van der Waals surface area contributed by atoms with Gasteiger partial charge in [-0.05, 0) is 0 Å². The van der Waals surface area contributed by atoms with Crippen LogP contribution in [-0.2, 0) is 0 Å². The fourth-order valence-corrected chi connectivity index (χ4v) is 0.664. The fraction of sp³-hybridized carbons (Fsp3) is 1.00. The van der Waals surface area contributed by atoms with Crippen molar-refractivity contribution < 1.29 is 0 Å². The second kappa shape index (κ2) is 1.60. The summed E-state index contributed by atoms with van der Waals surface area (Å²) in [6.45, 7) is 0.660. The summed E-state index contributed by atoms with van der Waals surface area (Å²) in [4.78, 5) is 0. The molecule has 0 radical (unpaired) electrons. The van der Waals surface area contributed by atoms with Gasteiger partial charge in [0.25, 0.3) is 0 Å². The van der Waals surface area contributed by atoms with Crippen LogP contribution in [0.3, 0.4) is 0 Å². The van der Waals surface area contributed by atoms with Crippen LogP contribution >= 0.6 is 23.2 Å². The second-order valence-electron chi connectivity index (χ2n) is 1.38. The van der Waals surface area contributed by atoms with E-state index in [1.54, 1.807) is 0 Å². The highest BCUT2D eigenvalue weighted by Gasteiger charge is 2.26.